The number of nitrogens with two attached hydrogens (primary N) is 1. The molecule has 66 valence electrons. The van der Waals surface area contributed by atoms with Gasteiger partial charge in [-0.15, -0.1) is 0 Å². The Morgan fingerprint density at radius 2 is 2.15 bits per heavy atom. The number of benzene rings is 1. The van der Waals surface area contributed by atoms with E-state index in [9.17, 15) is 4.79 Å². The molecule has 0 fully saturated rings. The van der Waals surface area contributed by atoms with Gasteiger partial charge in [0, 0.05) is 0 Å². The van der Waals surface area contributed by atoms with E-state index in [4.69, 9.17) is 10.5 Å². The molecule has 5 heteroatoms. The zero-order chi connectivity index (χ0) is 9.42. The zero-order valence-electron chi connectivity index (χ0n) is 6.94. The molecule has 0 aromatic heterocycles. The Morgan fingerprint density at radius 3 is 2.85 bits per heavy atom. The third kappa shape index (κ3) is 1.05. The van der Waals surface area contributed by atoms with Crippen molar-refractivity contribution in [1.29, 1.82) is 0 Å². The van der Waals surface area contributed by atoms with Gasteiger partial charge in [0.15, 0.2) is 5.75 Å². The maximum absolute atomic E-state index is 10.8. The lowest BCUT2D eigenvalue weighted by Crippen LogP contribution is -2.24. The molecule has 0 saturated carbocycles. The molecule has 1 aliphatic heterocycles. The second kappa shape index (κ2) is 2.55. The lowest BCUT2D eigenvalue weighted by atomic mass is 10.2. The molecule has 2 amide bonds. The highest BCUT2D eigenvalue weighted by molar-refractivity contribution is 5.78. The SMILES string of the molecule is COc1c(N)ccc2c1=NC(=O)N=2. The Balaban J connectivity index is 2.88. The monoisotopic (exact) mass is 177 g/mol. The number of nitrogen functional groups attached to an aromatic ring is 1. The van der Waals surface area contributed by atoms with Gasteiger partial charge in [-0.05, 0) is 12.1 Å². The summed E-state index contributed by atoms with van der Waals surface area (Å²) >= 11 is 0. The van der Waals surface area contributed by atoms with Crippen molar-refractivity contribution in [3.8, 4) is 5.75 Å². The summed E-state index contributed by atoms with van der Waals surface area (Å²) in [6.07, 6.45) is 0. The number of carbonyl (C=O) groups excluding carboxylic acids is 1. The van der Waals surface area contributed by atoms with Crippen LogP contribution < -0.4 is 21.2 Å². The first kappa shape index (κ1) is 7.72. The molecule has 0 radical (unpaired) electrons. The van der Waals surface area contributed by atoms with Crippen molar-refractivity contribution < 1.29 is 9.53 Å². The molecular weight excluding hydrogens is 170 g/mol. The largest absolute Gasteiger partial charge is 0.492 e. The van der Waals surface area contributed by atoms with E-state index >= 15 is 0 Å². The highest BCUT2D eigenvalue weighted by atomic mass is 16.5. The van der Waals surface area contributed by atoms with Crippen LogP contribution in [0.25, 0.3) is 0 Å². The number of carbonyl (C=O) groups is 1. The van der Waals surface area contributed by atoms with Crippen molar-refractivity contribution in [2.24, 2.45) is 9.98 Å². The van der Waals surface area contributed by atoms with Crippen molar-refractivity contribution in [1.82, 2.24) is 0 Å². The van der Waals surface area contributed by atoms with E-state index in [2.05, 4.69) is 9.98 Å². The van der Waals surface area contributed by atoms with Crippen LogP contribution in [0.1, 0.15) is 0 Å². The van der Waals surface area contributed by atoms with Gasteiger partial charge in [-0.25, -0.2) is 4.79 Å². The average Bonchev–Trinajstić information content (AvgIpc) is 2.45. The molecule has 1 heterocycles. The fraction of sp³-hybridized carbons (Fsp3) is 0.125. The maximum atomic E-state index is 10.8. The van der Waals surface area contributed by atoms with E-state index in [1.165, 1.54) is 7.11 Å². The van der Waals surface area contributed by atoms with Crippen LogP contribution in [-0.2, 0) is 0 Å². The molecule has 2 rings (SSSR count). The number of nitrogens with zero attached hydrogens (tertiary/aromatic N) is 2. The summed E-state index contributed by atoms with van der Waals surface area (Å²) in [4.78, 5) is 18.2. The molecule has 13 heavy (non-hydrogen) atoms. The van der Waals surface area contributed by atoms with Gasteiger partial charge < -0.3 is 10.5 Å². The van der Waals surface area contributed by atoms with E-state index in [1.807, 2.05) is 0 Å². The molecule has 0 aliphatic carbocycles. The third-order valence-electron chi connectivity index (χ3n) is 1.77. The molecular formula is C8H7N3O2. The summed E-state index contributed by atoms with van der Waals surface area (Å²) in [6.45, 7) is 0. The summed E-state index contributed by atoms with van der Waals surface area (Å²) in [7, 11) is 1.48. The average molecular weight is 177 g/mol. The Morgan fingerprint density at radius 1 is 1.38 bits per heavy atom. The van der Waals surface area contributed by atoms with Gasteiger partial charge in [0.25, 0.3) is 0 Å². The van der Waals surface area contributed by atoms with Crippen LogP contribution in [0.2, 0.25) is 0 Å². The number of amides is 2. The van der Waals surface area contributed by atoms with Crippen LogP contribution in [0.4, 0.5) is 10.5 Å². The molecule has 0 bridgehead atoms. The lowest BCUT2D eigenvalue weighted by molar-refractivity contribution is 0.256. The van der Waals surface area contributed by atoms with Gasteiger partial charge in [0.1, 0.15) is 5.36 Å². The smallest absolute Gasteiger partial charge is 0.368 e. The van der Waals surface area contributed by atoms with Crippen LogP contribution in [0.3, 0.4) is 0 Å². The molecule has 1 aromatic rings. The number of anilines is 1. The lowest BCUT2D eigenvalue weighted by Gasteiger charge is -2.01. The first-order valence-electron chi connectivity index (χ1n) is 3.66. The first-order chi connectivity index (χ1) is 6.22. The number of methoxy groups -OCH3 is 1. The van der Waals surface area contributed by atoms with Crippen LogP contribution in [-0.4, -0.2) is 13.1 Å². The minimum Gasteiger partial charge on any atom is -0.492 e. The normalized spacial score (nSPS) is 13.2. The van der Waals surface area contributed by atoms with Crippen molar-refractivity contribution in [3.05, 3.63) is 22.8 Å². The van der Waals surface area contributed by atoms with Gasteiger partial charge in [0.05, 0.1) is 18.2 Å². The van der Waals surface area contributed by atoms with Gasteiger partial charge in [0.2, 0.25) is 0 Å². The van der Waals surface area contributed by atoms with E-state index < -0.39 is 6.03 Å². The number of urea groups is 1. The minimum absolute atomic E-state index is 0.409. The maximum Gasteiger partial charge on any atom is 0.368 e. The number of rotatable bonds is 1. The zero-order valence-corrected chi connectivity index (χ0v) is 6.94. The number of ether oxygens (including phenoxy) is 1. The predicted molar refractivity (Wildman–Crippen MR) is 45.1 cm³/mol. The summed E-state index contributed by atoms with van der Waals surface area (Å²) < 4.78 is 5.01. The van der Waals surface area contributed by atoms with E-state index in [1.54, 1.807) is 12.1 Å². The van der Waals surface area contributed by atoms with Gasteiger partial charge in [-0.2, -0.15) is 9.98 Å². The van der Waals surface area contributed by atoms with Crippen LogP contribution >= 0.6 is 0 Å². The van der Waals surface area contributed by atoms with Crippen molar-refractivity contribution in [2.75, 3.05) is 12.8 Å². The van der Waals surface area contributed by atoms with E-state index in [0.29, 0.717) is 22.2 Å². The predicted octanol–water partition coefficient (Wildman–Crippen LogP) is -0.350. The molecule has 1 aromatic carbocycles. The summed E-state index contributed by atoms with van der Waals surface area (Å²) in [5, 5.41) is 0.934. The molecule has 0 atom stereocenters. The van der Waals surface area contributed by atoms with Crippen LogP contribution in [0, 0.1) is 0 Å². The van der Waals surface area contributed by atoms with Gasteiger partial charge >= 0.3 is 6.03 Å². The van der Waals surface area contributed by atoms with Crippen LogP contribution in [0.5, 0.6) is 5.75 Å². The van der Waals surface area contributed by atoms with Crippen molar-refractivity contribution in [2.45, 2.75) is 0 Å². The fourth-order valence-electron chi connectivity index (χ4n) is 1.21. The molecule has 2 N–H and O–H groups in total. The molecule has 0 unspecified atom stereocenters. The highest BCUT2D eigenvalue weighted by Crippen LogP contribution is 2.12. The van der Waals surface area contributed by atoms with E-state index in [0.717, 1.165) is 0 Å². The first-order valence-corrected chi connectivity index (χ1v) is 3.66. The third-order valence-corrected chi connectivity index (χ3v) is 1.77. The summed E-state index contributed by atoms with van der Waals surface area (Å²) in [6, 6.07) is 2.76. The Hall–Kier alpha value is -1.91. The molecule has 1 aliphatic rings. The number of fused-ring (bicyclic) bond motifs is 1. The topological polar surface area (TPSA) is 77.0 Å². The fourth-order valence-corrected chi connectivity index (χ4v) is 1.21. The van der Waals surface area contributed by atoms with Crippen molar-refractivity contribution >= 4 is 11.7 Å². The molecule has 5 nitrogen and oxygen atoms in total. The Bertz CT molecular complexity index is 493. The Labute approximate surface area is 73.6 Å². The van der Waals surface area contributed by atoms with Crippen molar-refractivity contribution in [3.63, 3.8) is 0 Å². The number of hydrogen-bond acceptors (Lipinski definition) is 3. The standard InChI is InChI=1S/C8H7N3O2/c1-13-7-4(9)2-3-5-6(7)11-8(12)10-5/h2-3H,9H2,1H3. The van der Waals surface area contributed by atoms with Gasteiger partial charge in [-0.3, -0.25) is 0 Å². The number of hydrogen-bond donors (Lipinski definition) is 1. The second-order valence-corrected chi connectivity index (χ2v) is 2.56. The molecule has 0 spiro atoms. The Kier molecular flexibility index (Phi) is 1.51. The van der Waals surface area contributed by atoms with E-state index in [-0.39, 0.29) is 0 Å². The van der Waals surface area contributed by atoms with Crippen LogP contribution in [0.15, 0.2) is 22.1 Å². The highest BCUT2D eigenvalue weighted by Gasteiger charge is 2.11. The minimum atomic E-state index is -0.515. The molecule has 0 saturated heterocycles. The summed E-state index contributed by atoms with van der Waals surface area (Å²) in [5.74, 6) is 0.409. The second-order valence-electron chi connectivity index (χ2n) is 2.56. The summed E-state index contributed by atoms with van der Waals surface area (Å²) in [5.41, 5.74) is 6.07. The quantitative estimate of drug-likeness (QED) is 0.595. The van der Waals surface area contributed by atoms with Gasteiger partial charge in [-0.1, -0.05) is 0 Å².